The molecule has 3 aliphatic heterocycles. The number of hydrogen-bond donors (Lipinski definition) is 2. The van der Waals surface area contributed by atoms with Gasteiger partial charge in [-0.1, -0.05) is 11.8 Å². The van der Waals surface area contributed by atoms with Gasteiger partial charge in [0.15, 0.2) is 32.3 Å². The average molecular weight is 492 g/mol. The summed E-state index contributed by atoms with van der Waals surface area (Å²) in [6.07, 6.45) is 1.96. The number of likely N-dealkylation sites (N-methyl/N-ethyl adjacent to an activating group) is 1. The number of ether oxygens (including phenoxy) is 2. The fourth-order valence-corrected chi connectivity index (χ4v) is 7.04. The van der Waals surface area contributed by atoms with Crippen LogP contribution < -0.4 is 18.9 Å². The Morgan fingerprint density at radius 3 is 2.76 bits per heavy atom. The van der Waals surface area contributed by atoms with Gasteiger partial charge in [0.2, 0.25) is 0 Å². The Morgan fingerprint density at radius 2 is 2.12 bits per heavy atom. The Kier molecular flexibility index (Phi) is 5.03. The van der Waals surface area contributed by atoms with Crippen molar-refractivity contribution < 1.29 is 42.0 Å². The normalized spacial score (nSPS) is 28.7. The third-order valence-electron chi connectivity index (χ3n) is 6.33. The van der Waals surface area contributed by atoms with Gasteiger partial charge in [-0.05, 0) is 24.3 Å². The summed E-state index contributed by atoms with van der Waals surface area (Å²) in [5.41, 5.74) is 1.43. The standard InChI is InChI=1S/C21H18N2O8S2/c1-22-14-8-12(21(25)26)2-5-17(14)32-18(22)10-19-23(7-6-20(23)33(27,28)29)15-9-13(30-11-24)3-4-16(15)31-19/h2-5,8-11,18,20H,6-7H2,1H3,(H-,25,26,27,28,29)/p+1. The van der Waals surface area contributed by atoms with Crippen LogP contribution in [0.5, 0.6) is 11.5 Å². The molecule has 0 radical (unpaired) electrons. The minimum absolute atomic E-state index is 0.174. The van der Waals surface area contributed by atoms with Gasteiger partial charge < -0.3 is 19.1 Å². The number of carboxylic acids is 1. The van der Waals surface area contributed by atoms with Crippen LogP contribution in [0.4, 0.5) is 11.4 Å². The number of benzene rings is 2. The van der Waals surface area contributed by atoms with Gasteiger partial charge in [-0.2, -0.15) is 0 Å². The highest BCUT2D eigenvalue weighted by molar-refractivity contribution is 8.00. The van der Waals surface area contributed by atoms with Gasteiger partial charge in [-0.25, -0.2) is 17.7 Å². The fourth-order valence-electron chi connectivity index (χ4n) is 4.63. The van der Waals surface area contributed by atoms with Crippen LogP contribution in [0.3, 0.4) is 0 Å². The predicted molar refractivity (Wildman–Crippen MR) is 116 cm³/mol. The van der Waals surface area contributed by atoms with Crippen molar-refractivity contribution in [2.45, 2.75) is 22.1 Å². The fraction of sp³-hybridized carbons (Fsp3) is 0.238. The van der Waals surface area contributed by atoms with Gasteiger partial charge in [0.1, 0.15) is 11.4 Å². The lowest BCUT2D eigenvalue weighted by Gasteiger charge is -2.47. The molecule has 2 aromatic carbocycles. The summed E-state index contributed by atoms with van der Waals surface area (Å²) in [6, 6.07) is 9.53. The Labute approximate surface area is 193 Å². The molecule has 10 nitrogen and oxygen atoms in total. The monoisotopic (exact) mass is 491 g/mol. The van der Waals surface area contributed by atoms with Gasteiger partial charge in [0.25, 0.3) is 6.47 Å². The number of aromatic carboxylic acids is 1. The van der Waals surface area contributed by atoms with Crippen molar-refractivity contribution in [3.8, 4) is 11.5 Å². The second-order valence-corrected chi connectivity index (χ2v) is 10.7. The summed E-state index contributed by atoms with van der Waals surface area (Å²) in [4.78, 5) is 24.0. The van der Waals surface area contributed by atoms with Crippen molar-refractivity contribution >= 4 is 45.7 Å². The number of nitrogens with one attached hydrogen (secondary N) is 1. The van der Waals surface area contributed by atoms with Crippen molar-refractivity contribution in [1.82, 2.24) is 4.48 Å². The first kappa shape index (κ1) is 21.9. The number of rotatable bonds is 5. The van der Waals surface area contributed by atoms with E-state index in [1.165, 1.54) is 30.0 Å². The highest BCUT2D eigenvalue weighted by atomic mass is 32.2. The van der Waals surface area contributed by atoms with Crippen molar-refractivity contribution in [3.05, 3.63) is 53.9 Å². The molecule has 33 heavy (non-hydrogen) atoms. The van der Waals surface area contributed by atoms with E-state index in [1.807, 2.05) is 7.05 Å². The zero-order valence-electron chi connectivity index (χ0n) is 17.3. The van der Waals surface area contributed by atoms with E-state index in [9.17, 15) is 27.7 Å². The Bertz CT molecular complexity index is 1330. The molecular formula is C21H19N2O8S2+. The van der Waals surface area contributed by atoms with Crippen LogP contribution >= 0.6 is 11.8 Å². The van der Waals surface area contributed by atoms with E-state index in [1.54, 1.807) is 24.3 Å². The van der Waals surface area contributed by atoms with Gasteiger partial charge in [0.05, 0.1) is 36.5 Å². The SMILES string of the molecule is C[NH+]1c2cc(C(=O)O)ccc2SC1C=C1Oc2ccc(OC=O)cc2[N+]12CCC2S(=O)(=O)[O-]. The molecule has 0 aliphatic carbocycles. The first-order valence-electron chi connectivity index (χ1n) is 10.0. The molecule has 0 aromatic heterocycles. The van der Waals surface area contributed by atoms with Gasteiger partial charge in [0, 0.05) is 12.1 Å². The molecule has 0 amide bonds. The first-order valence-corrected chi connectivity index (χ1v) is 12.4. The minimum Gasteiger partial charge on any atom is -0.743 e. The second kappa shape index (κ2) is 7.57. The number of quaternary nitrogens is 2. The predicted octanol–water partition coefficient (Wildman–Crippen LogP) is 1.01. The Hall–Kier alpha value is -2.90. The van der Waals surface area contributed by atoms with Crippen molar-refractivity contribution in [1.29, 1.82) is 0 Å². The summed E-state index contributed by atoms with van der Waals surface area (Å²) in [5.74, 6) is -0.105. The zero-order valence-corrected chi connectivity index (χ0v) is 18.9. The number of hydrogen-bond acceptors (Lipinski definition) is 8. The molecule has 5 rings (SSSR count). The summed E-state index contributed by atoms with van der Waals surface area (Å²) in [6.45, 7) is 0.606. The second-order valence-electron chi connectivity index (χ2n) is 8.02. The molecule has 0 saturated carbocycles. The van der Waals surface area contributed by atoms with Gasteiger partial charge >= 0.3 is 11.9 Å². The third-order valence-corrected chi connectivity index (χ3v) is 8.95. The molecule has 2 N–H and O–H groups in total. The quantitative estimate of drug-likeness (QED) is 0.357. The Balaban J connectivity index is 1.57. The largest absolute Gasteiger partial charge is 0.743 e. The van der Waals surface area contributed by atoms with Crippen LogP contribution in [-0.2, 0) is 14.9 Å². The molecule has 172 valence electrons. The molecule has 1 fully saturated rings. The van der Waals surface area contributed by atoms with Gasteiger partial charge in [-0.15, -0.1) is 0 Å². The van der Waals surface area contributed by atoms with Crippen LogP contribution in [-0.4, -0.2) is 54.9 Å². The molecular weight excluding hydrogens is 472 g/mol. The van der Waals surface area contributed by atoms with Crippen LogP contribution in [0.15, 0.2) is 53.3 Å². The molecule has 3 aliphatic rings. The maximum atomic E-state index is 12.1. The maximum absolute atomic E-state index is 12.1. The lowest BCUT2D eigenvalue weighted by Crippen LogP contribution is -3.06. The number of carbonyl (C=O) groups is 2. The van der Waals surface area contributed by atoms with Crippen molar-refractivity contribution in [2.24, 2.45) is 0 Å². The third kappa shape index (κ3) is 3.33. The van der Waals surface area contributed by atoms with E-state index < -0.39 is 21.5 Å². The topological polar surface area (TPSA) is 134 Å². The number of fused-ring (bicyclic) bond motifs is 3. The van der Waals surface area contributed by atoms with Crippen LogP contribution in [0.2, 0.25) is 0 Å². The van der Waals surface area contributed by atoms with Gasteiger partial charge in [-0.3, -0.25) is 9.69 Å². The summed E-state index contributed by atoms with van der Waals surface area (Å²) in [7, 11) is -2.78. The van der Waals surface area contributed by atoms with E-state index >= 15 is 0 Å². The average Bonchev–Trinajstić information content (AvgIpc) is 3.21. The highest BCUT2D eigenvalue weighted by Crippen LogP contribution is 2.54. The van der Waals surface area contributed by atoms with E-state index in [-0.39, 0.29) is 34.1 Å². The summed E-state index contributed by atoms with van der Waals surface area (Å²) < 4.78 is 47.0. The molecule has 1 saturated heterocycles. The molecule has 4 atom stereocenters. The van der Waals surface area contributed by atoms with Crippen LogP contribution in [0.25, 0.3) is 0 Å². The highest BCUT2D eigenvalue weighted by Gasteiger charge is 2.61. The molecule has 1 spiro atoms. The lowest BCUT2D eigenvalue weighted by atomic mass is 10.1. The Morgan fingerprint density at radius 1 is 1.33 bits per heavy atom. The minimum atomic E-state index is -4.66. The zero-order chi connectivity index (χ0) is 23.5. The molecule has 0 bridgehead atoms. The number of thioether (sulfide) groups is 1. The van der Waals surface area contributed by atoms with Crippen molar-refractivity contribution in [3.63, 3.8) is 0 Å². The maximum Gasteiger partial charge on any atom is 0.335 e. The molecule has 2 aromatic rings. The smallest absolute Gasteiger partial charge is 0.335 e. The van der Waals surface area contributed by atoms with E-state index in [0.717, 1.165) is 15.5 Å². The van der Waals surface area contributed by atoms with Crippen LogP contribution in [0, 0.1) is 0 Å². The first-order chi connectivity index (χ1) is 15.6. The van der Waals surface area contributed by atoms with E-state index in [4.69, 9.17) is 9.47 Å². The number of carbonyl (C=O) groups excluding carboxylic acids is 1. The molecule has 4 unspecified atom stereocenters. The summed E-state index contributed by atoms with van der Waals surface area (Å²) in [5, 5.41) is 7.80. The lowest BCUT2D eigenvalue weighted by molar-refractivity contribution is -0.812. The number of nitrogens with zero attached hydrogens (tertiary/aromatic N) is 1. The van der Waals surface area contributed by atoms with Crippen LogP contribution in [0.1, 0.15) is 16.8 Å². The van der Waals surface area contributed by atoms with E-state index in [2.05, 4.69) is 0 Å². The van der Waals surface area contributed by atoms with E-state index in [0.29, 0.717) is 23.9 Å². The molecule has 3 heterocycles. The number of carboxylic acid groups (broad SMARTS) is 1. The summed E-state index contributed by atoms with van der Waals surface area (Å²) >= 11 is 1.49. The molecule has 12 heteroatoms. The van der Waals surface area contributed by atoms with Crippen molar-refractivity contribution in [2.75, 3.05) is 13.6 Å².